The van der Waals surface area contributed by atoms with Gasteiger partial charge in [0.1, 0.15) is 5.54 Å². The fraction of sp³-hybridized carbons (Fsp3) is 0.286. The zero-order chi connectivity index (χ0) is 18.9. The summed E-state index contributed by atoms with van der Waals surface area (Å²) in [7, 11) is 0. The first-order chi connectivity index (χ1) is 12.4. The predicted octanol–water partition coefficient (Wildman–Crippen LogP) is 3.34. The summed E-state index contributed by atoms with van der Waals surface area (Å²) in [6, 6.07) is 14.0. The van der Waals surface area contributed by atoms with Gasteiger partial charge in [0.2, 0.25) is 0 Å². The number of carbonyl (C=O) groups is 3. The number of imide groups is 1. The number of Topliss-reactive ketones (excluding diaryl/α,β-unsaturated/α-hetero) is 1. The summed E-state index contributed by atoms with van der Waals surface area (Å²) in [4.78, 5) is 39.1. The number of amides is 3. The molecule has 0 aromatic heterocycles. The molecule has 1 saturated heterocycles. The highest BCUT2D eigenvalue weighted by Crippen LogP contribution is 2.32. The van der Waals surface area contributed by atoms with Crippen LogP contribution in [-0.2, 0) is 10.3 Å². The first kappa shape index (κ1) is 17.9. The van der Waals surface area contributed by atoms with Gasteiger partial charge < -0.3 is 5.32 Å². The number of nitrogens with one attached hydrogen (secondary N) is 1. The molecule has 2 aromatic rings. The van der Waals surface area contributed by atoms with Gasteiger partial charge in [0.25, 0.3) is 5.91 Å². The van der Waals surface area contributed by atoms with Gasteiger partial charge in [-0.3, -0.25) is 14.5 Å². The molecule has 1 fully saturated rings. The number of benzene rings is 2. The number of urea groups is 1. The minimum absolute atomic E-state index is 0.253. The molecule has 1 unspecified atom stereocenters. The van der Waals surface area contributed by atoms with Crippen molar-refractivity contribution < 1.29 is 14.4 Å². The third-order valence-electron chi connectivity index (χ3n) is 5.10. The lowest BCUT2D eigenvalue weighted by molar-refractivity contribution is -0.131. The second kappa shape index (κ2) is 6.75. The average molecular weight is 350 g/mol. The maximum atomic E-state index is 13.0. The predicted molar refractivity (Wildman–Crippen MR) is 98.9 cm³/mol. The van der Waals surface area contributed by atoms with Gasteiger partial charge in [-0.05, 0) is 43.0 Å². The molecule has 0 saturated carbocycles. The molecule has 5 heteroatoms. The summed E-state index contributed by atoms with van der Waals surface area (Å²) < 4.78 is 0. The van der Waals surface area contributed by atoms with Crippen LogP contribution < -0.4 is 5.32 Å². The molecule has 1 atom stereocenters. The number of aryl methyl sites for hydroxylation is 2. The van der Waals surface area contributed by atoms with Crippen molar-refractivity contribution in [2.24, 2.45) is 0 Å². The number of ketones is 1. The van der Waals surface area contributed by atoms with Gasteiger partial charge in [-0.2, -0.15) is 0 Å². The van der Waals surface area contributed by atoms with Gasteiger partial charge in [0, 0.05) is 5.56 Å². The first-order valence-electron chi connectivity index (χ1n) is 8.69. The van der Waals surface area contributed by atoms with Crippen LogP contribution in [0.15, 0.2) is 48.5 Å². The Kier molecular flexibility index (Phi) is 4.64. The number of hydrogen-bond acceptors (Lipinski definition) is 3. The van der Waals surface area contributed by atoms with Crippen LogP contribution in [0.5, 0.6) is 0 Å². The number of rotatable bonds is 5. The molecular weight excluding hydrogens is 328 g/mol. The lowest BCUT2D eigenvalue weighted by atomic mass is 9.87. The number of nitrogens with zero attached hydrogens (tertiary/aromatic N) is 1. The molecule has 0 bridgehead atoms. The highest BCUT2D eigenvalue weighted by Gasteiger charge is 2.51. The van der Waals surface area contributed by atoms with Crippen molar-refractivity contribution in [1.29, 1.82) is 0 Å². The van der Waals surface area contributed by atoms with E-state index in [0.717, 1.165) is 21.6 Å². The van der Waals surface area contributed by atoms with Crippen molar-refractivity contribution in [1.82, 2.24) is 10.2 Å². The van der Waals surface area contributed by atoms with E-state index in [0.29, 0.717) is 12.0 Å². The number of hydrogen-bond donors (Lipinski definition) is 1. The Balaban J connectivity index is 1.87. The Labute approximate surface area is 153 Å². The Bertz CT molecular complexity index is 876. The maximum absolute atomic E-state index is 13.0. The minimum Gasteiger partial charge on any atom is -0.319 e. The SMILES string of the molecule is CCC1(c2ccccc2)NC(=O)N(CC(=O)c2ccc(C)c(C)c2)C1=O. The summed E-state index contributed by atoms with van der Waals surface area (Å²) in [5.41, 5.74) is 2.21. The molecule has 0 radical (unpaired) electrons. The third-order valence-corrected chi connectivity index (χ3v) is 5.10. The monoisotopic (exact) mass is 350 g/mol. The Morgan fingerprint density at radius 1 is 1.04 bits per heavy atom. The van der Waals surface area contributed by atoms with E-state index >= 15 is 0 Å². The van der Waals surface area contributed by atoms with Crippen molar-refractivity contribution in [3.05, 3.63) is 70.8 Å². The van der Waals surface area contributed by atoms with Gasteiger partial charge in [-0.15, -0.1) is 0 Å². The normalized spacial score (nSPS) is 19.6. The summed E-state index contributed by atoms with van der Waals surface area (Å²) >= 11 is 0. The fourth-order valence-electron chi connectivity index (χ4n) is 3.28. The summed E-state index contributed by atoms with van der Waals surface area (Å²) in [5.74, 6) is -0.634. The van der Waals surface area contributed by atoms with Gasteiger partial charge in [-0.25, -0.2) is 4.79 Å². The van der Waals surface area contributed by atoms with E-state index in [-0.39, 0.29) is 18.2 Å². The summed E-state index contributed by atoms with van der Waals surface area (Å²) in [6.07, 6.45) is 0.413. The van der Waals surface area contributed by atoms with E-state index in [1.54, 1.807) is 12.1 Å². The van der Waals surface area contributed by atoms with Crippen molar-refractivity contribution in [2.75, 3.05) is 6.54 Å². The standard InChI is InChI=1S/C21H22N2O3/c1-4-21(17-8-6-5-7-9-17)19(25)23(20(26)22-21)13-18(24)16-11-10-14(2)15(3)12-16/h5-12H,4,13H2,1-3H3,(H,22,26). The zero-order valence-corrected chi connectivity index (χ0v) is 15.2. The Morgan fingerprint density at radius 3 is 2.35 bits per heavy atom. The van der Waals surface area contributed by atoms with Crippen LogP contribution in [0.4, 0.5) is 4.79 Å². The van der Waals surface area contributed by atoms with Crippen LogP contribution in [0.25, 0.3) is 0 Å². The molecule has 3 rings (SSSR count). The molecule has 134 valence electrons. The largest absolute Gasteiger partial charge is 0.325 e. The van der Waals surface area contributed by atoms with Crippen LogP contribution in [-0.4, -0.2) is 29.2 Å². The second-order valence-corrected chi connectivity index (χ2v) is 6.67. The quantitative estimate of drug-likeness (QED) is 0.664. The average Bonchev–Trinajstić information content (AvgIpc) is 2.89. The molecule has 3 amide bonds. The fourth-order valence-corrected chi connectivity index (χ4v) is 3.28. The van der Waals surface area contributed by atoms with Crippen molar-refractivity contribution in [2.45, 2.75) is 32.7 Å². The van der Waals surface area contributed by atoms with E-state index < -0.39 is 11.6 Å². The molecule has 1 heterocycles. The molecule has 2 aromatic carbocycles. The van der Waals surface area contributed by atoms with E-state index in [1.165, 1.54) is 0 Å². The first-order valence-corrected chi connectivity index (χ1v) is 8.69. The minimum atomic E-state index is -1.11. The molecular formula is C21H22N2O3. The van der Waals surface area contributed by atoms with Crippen LogP contribution in [0.3, 0.4) is 0 Å². The van der Waals surface area contributed by atoms with Gasteiger partial charge in [0.05, 0.1) is 6.54 Å². The highest BCUT2D eigenvalue weighted by molar-refractivity contribution is 6.11. The van der Waals surface area contributed by atoms with Crippen LogP contribution >= 0.6 is 0 Å². The van der Waals surface area contributed by atoms with Gasteiger partial charge in [0.15, 0.2) is 5.78 Å². The molecule has 1 aliphatic heterocycles. The van der Waals surface area contributed by atoms with Crippen molar-refractivity contribution >= 4 is 17.7 Å². The molecule has 26 heavy (non-hydrogen) atoms. The van der Waals surface area contributed by atoms with Crippen molar-refractivity contribution in [3.63, 3.8) is 0 Å². The smallest absolute Gasteiger partial charge is 0.319 e. The molecule has 1 N–H and O–H groups in total. The highest BCUT2D eigenvalue weighted by atomic mass is 16.2. The Hall–Kier alpha value is -2.95. The summed E-state index contributed by atoms with van der Waals surface area (Å²) in [6.45, 7) is 5.48. The van der Waals surface area contributed by atoms with E-state index in [4.69, 9.17) is 0 Å². The lowest BCUT2D eigenvalue weighted by Gasteiger charge is -2.25. The maximum Gasteiger partial charge on any atom is 0.325 e. The van der Waals surface area contributed by atoms with Gasteiger partial charge >= 0.3 is 6.03 Å². The Morgan fingerprint density at radius 2 is 1.73 bits per heavy atom. The topological polar surface area (TPSA) is 66.5 Å². The molecule has 0 aliphatic carbocycles. The lowest BCUT2D eigenvalue weighted by Crippen LogP contribution is -2.43. The van der Waals surface area contributed by atoms with E-state index in [9.17, 15) is 14.4 Å². The van der Waals surface area contributed by atoms with Crippen LogP contribution in [0.1, 0.15) is 40.4 Å². The second-order valence-electron chi connectivity index (χ2n) is 6.67. The van der Waals surface area contributed by atoms with E-state index in [1.807, 2.05) is 57.2 Å². The van der Waals surface area contributed by atoms with E-state index in [2.05, 4.69) is 5.32 Å². The molecule has 1 aliphatic rings. The van der Waals surface area contributed by atoms with Crippen LogP contribution in [0, 0.1) is 13.8 Å². The molecule has 0 spiro atoms. The van der Waals surface area contributed by atoms with Crippen molar-refractivity contribution in [3.8, 4) is 0 Å². The zero-order valence-electron chi connectivity index (χ0n) is 15.2. The third kappa shape index (κ3) is 2.90. The number of carbonyl (C=O) groups excluding carboxylic acids is 3. The van der Waals surface area contributed by atoms with Crippen LogP contribution in [0.2, 0.25) is 0 Å². The summed E-state index contributed by atoms with van der Waals surface area (Å²) in [5, 5.41) is 2.80. The van der Waals surface area contributed by atoms with Gasteiger partial charge in [-0.1, -0.05) is 49.4 Å². The molecule has 5 nitrogen and oxygen atoms in total.